The van der Waals surface area contributed by atoms with Gasteiger partial charge >= 0.3 is 0 Å². The number of nitrogens with zero attached hydrogens (tertiary/aromatic N) is 2. The summed E-state index contributed by atoms with van der Waals surface area (Å²) in [6.07, 6.45) is 1.36. The standard InChI is InChI=1S/C29H34BrN3O4S/c1-22(2)19-31-29(35)27(18-23-12-6-4-7-13-23)32(20-24-14-8-5-9-15-24)28(34)21-33(38(3,36)37)26-17-11-10-16-25(26)30/h4-17,22,27H,18-21H2,1-3H3,(H,31,35)/t27-/m0/s1. The van der Waals surface area contributed by atoms with E-state index in [1.807, 2.05) is 74.5 Å². The third-order valence-electron chi connectivity index (χ3n) is 5.95. The van der Waals surface area contributed by atoms with Crippen molar-refractivity contribution in [3.63, 3.8) is 0 Å². The minimum Gasteiger partial charge on any atom is -0.354 e. The van der Waals surface area contributed by atoms with Crippen LogP contribution in [0.25, 0.3) is 0 Å². The van der Waals surface area contributed by atoms with Crippen LogP contribution in [0, 0.1) is 5.92 Å². The molecule has 0 aliphatic heterocycles. The van der Waals surface area contributed by atoms with E-state index in [4.69, 9.17) is 0 Å². The topological polar surface area (TPSA) is 86.8 Å². The van der Waals surface area contributed by atoms with Gasteiger partial charge in [-0.1, -0.05) is 86.6 Å². The molecule has 9 heteroatoms. The molecule has 3 aromatic rings. The zero-order valence-corrected chi connectivity index (χ0v) is 24.3. The molecular weight excluding hydrogens is 566 g/mol. The molecular formula is C29H34BrN3O4S. The van der Waals surface area contributed by atoms with Crippen molar-refractivity contribution in [3.8, 4) is 0 Å². The zero-order chi connectivity index (χ0) is 27.7. The van der Waals surface area contributed by atoms with Gasteiger partial charge in [-0.25, -0.2) is 8.42 Å². The first kappa shape index (κ1) is 29.4. The molecule has 0 unspecified atom stereocenters. The number of rotatable bonds is 12. The summed E-state index contributed by atoms with van der Waals surface area (Å²) < 4.78 is 27.3. The van der Waals surface area contributed by atoms with Gasteiger partial charge in [0.15, 0.2) is 0 Å². The number of hydrogen-bond donors (Lipinski definition) is 1. The maximum atomic E-state index is 14.0. The van der Waals surface area contributed by atoms with E-state index in [2.05, 4.69) is 21.2 Å². The predicted octanol–water partition coefficient (Wildman–Crippen LogP) is 4.63. The van der Waals surface area contributed by atoms with E-state index in [1.54, 1.807) is 24.3 Å². The normalized spacial score (nSPS) is 12.1. The molecule has 0 saturated heterocycles. The SMILES string of the molecule is CC(C)CNC(=O)[C@H](Cc1ccccc1)N(Cc1ccccc1)C(=O)CN(c1ccccc1Br)S(C)(=O)=O. The van der Waals surface area contributed by atoms with Crippen molar-refractivity contribution in [1.82, 2.24) is 10.2 Å². The van der Waals surface area contributed by atoms with Crippen LogP contribution in [0.2, 0.25) is 0 Å². The maximum absolute atomic E-state index is 14.0. The van der Waals surface area contributed by atoms with Crippen molar-refractivity contribution in [3.05, 3.63) is 101 Å². The summed E-state index contributed by atoms with van der Waals surface area (Å²) in [5, 5.41) is 2.98. The second-order valence-corrected chi connectivity index (χ2v) is 12.3. The molecule has 0 bridgehead atoms. The fraction of sp³-hybridized carbons (Fsp3) is 0.310. The molecule has 0 aliphatic carbocycles. The van der Waals surface area contributed by atoms with Gasteiger partial charge in [-0.3, -0.25) is 13.9 Å². The fourth-order valence-corrected chi connectivity index (χ4v) is 5.48. The molecule has 0 aromatic heterocycles. The minimum absolute atomic E-state index is 0.153. The zero-order valence-electron chi connectivity index (χ0n) is 21.9. The number of para-hydroxylation sites is 1. The van der Waals surface area contributed by atoms with Gasteiger partial charge in [0.1, 0.15) is 12.6 Å². The molecule has 3 aromatic carbocycles. The Morgan fingerprint density at radius 2 is 1.42 bits per heavy atom. The molecule has 0 aliphatic rings. The third kappa shape index (κ3) is 8.43. The Kier molecular flexibility index (Phi) is 10.5. The van der Waals surface area contributed by atoms with Gasteiger partial charge in [-0.05, 0) is 45.1 Å². The highest BCUT2D eigenvalue weighted by Crippen LogP contribution is 2.28. The van der Waals surface area contributed by atoms with Crippen molar-refractivity contribution < 1.29 is 18.0 Å². The molecule has 0 heterocycles. The molecule has 0 spiro atoms. The van der Waals surface area contributed by atoms with E-state index in [1.165, 1.54) is 4.90 Å². The molecule has 1 atom stereocenters. The molecule has 1 N–H and O–H groups in total. The average molecular weight is 601 g/mol. The fourth-order valence-electron chi connectivity index (χ4n) is 4.01. The lowest BCUT2D eigenvalue weighted by molar-refractivity contribution is -0.140. The van der Waals surface area contributed by atoms with Gasteiger partial charge in [0.05, 0.1) is 11.9 Å². The number of nitrogens with one attached hydrogen (secondary N) is 1. The lowest BCUT2D eigenvalue weighted by Crippen LogP contribution is -2.53. The first-order chi connectivity index (χ1) is 18.1. The van der Waals surface area contributed by atoms with Crippen molar-refractivity contribution in [2.75, 3.05) is 23.7 Å². The second-order valence-electron chi connectivity index (χ2n) is 9.57. The maximum Gasteiger partial charge on any atom is 0.244 e. The van der Waals surface area contributed by atoms with Crippen LogP contribution < -0.4 is 9.62 Å². The monoisotopic (exact) mass is 599 g/mol. The second kappa shape index (κ2) is 13.6. The highest BCUT2D eigenvalue weighted by molar-refractivity contribution is 9.10. The highest BCUT2D eigenvalue weighted by Gasteiger charge is 2.33. The summed E-state index contributed by atoms with van der Waals surface area (Å²) in [5.41, 5.74) is 2.09. The minimum atomic E-state index is -3.81. The van der Waals surface area contributed by atoms with Crippen molar-refractivity contribution >= 4 is 43.5 Å². The number of anilines is 1. The van der Waals surface area contributed by atoms with E-state index in [0.29, 0.717) is 16.7 Å². The van der Waals surface area contributed by atoms with Crippen molar-refractivity contribution in [1.29, 1.82) is 0 Å². The van der Waals surface area contributed by atoms with E-state index in [0.717, 1.165) is 21.7 Å². The number of hydrogen-bond acceptors (Lipinski definition) is 4. The number of halogens is 1. The molecule has 202 valence electrons. The molecule has 0 fully saturated rings. The van der Waals surface area contributed by atoms with E-state index >= 15 is 0 Å². The Morgan fingerprint density at radius 1 is 0.868 bits per heavy atom. The van der Waals surface area contributed by atoms with Crippen LogP contribution in [0.3, 0.4) is 0 Å². The van der Waals surface area contributed by atoms with Crippen LogP contribution in [-0.4, -0.2) is 50.5 Å². The van der Waals surface area contributed by atoms with Gasteiger partial charge in [-0.15, -0.1) is 0 Å². The van der Waals surface area contributed by atoms with Gasteiger partial charge in [0.2, 0.25) is 21.8 Å². The Bertz CT molecular complexity index is 1320. The summed E-state index contributed by atoms with van der Waals surface area (Å²) >= 11 is 3.41. The summed E-state index contributed by atoms with van der Waals surface area (Å²) in [4.78, 5) is 29.0. The van der Waals surface area contributed by atoms with Crippen LogP contribution >= 0.6 is 15.9 Å². The summed E-state index contributed by atoms with van der Waals surface area (Å²) in [5.74, 6) is -0.528. The van der Waals surface area contributed by atoms with E-state index in [-0.39, 0.29) is 24.8 Å². The van der Waals surface area contributed by atoms with Gasteiger partial charge in [0.25, 0.3) is 0 Å². The van der Waals surface area contributed by atoms with Crippen LogP contribution in [0.15, 0.2) is 89.4 Å². The summed E-state index contributed by atoms with van der Waals surface area (Å²) in [6, 6.07) is 24.9. The van der Waals surface area contributed by atoms with Gasteiger partial charge in [0, 0.05) is 24.0 Å². The molecule has 7 nitrogen and oxygen atoms in total. The van der Waals surface area contributed by atoms with Crippen molar-refractivity contribution in [2.45, 2.75) is 32.9 Å². The first-order valence-corrected chi connectivity index (χ1v) is 15.1. The average Bonchev–Trinajstić information content (AvgIpc) is 2.89. The summed E-state index contributed by atoms with van der Waals surface area (Å²) in [6.45, 7) is 4.17. The number of carbonyl (C=O) groups is 2. The molecule has 3 rings (SSSR count). The highest BCUT2D eigenvalue weighted by atomic mass is 79.9. The Morgan fingerprint density at radius 3 is 1.97 bits per heavy atom. The number of amides is 2. The van der Waals surface area contributed by atoms with Gasteiger partial charge in [-0.2, -0.15) is 0 Å². The van der Waals surface area contributed by atoms with Crippen LogP contribution in [0.1, 0.15) is 25.0 Å². The number of sulfonamides is 1. The lowest BCUT2D eigenvalue weighted by Gasteiger charge is -2.33. The van der Waals surface area contributed by atoms with Crippen LogP contribution in [0.5, 0.6) is 0 Å². The van der Waals surface area contributed by atoms with Gasteiger partial charge < -0.3 is 10.2 Å². The van der Waals surface area contributed by atoms with E-state index < -0.39 is 28.5 Å². The van der Waals surface area contributed by atoms with Crippen molar-refractivity contribution in [2.24, 2.45) is 5.92 Å². The Hall–Kier alpha value is -3.17. The molecule has 0 radical (unpaired) electrons. The molecule has 2 amide bonds. The smallest absolute Gasteiger partial charge is 0.244 e. The number of benzene rings is 3. The number of carbonyl (C=O) groups excluding carboxylic acids is 2. The first-order valence-electron chi connectivity index (χ1n) is 12.4. The van der Waals surface area contributed by atoms with Crippen LogP contribution in [-0.2, 0) is 32.6 Å². The quantitative estimate of drug-likeness (QED) is 0.329. The predicted molar refractivity (Wildman–Crippen MR) is 155 cm³/mol. The summed E-state index contributed by atoms with van der Waals surface area (Å²) in [7, 11) is -3.81. The lowest BCUT2D eigenvalue weighted by atomic mass is 10.0. The third-order valence-corrected chi connectivity index (χ3v) is 7.75. The Labute approximate surface area is 234 Å². The molecule has 0 saturated carbocycles. The van der Waals surface area contributed by atoms with E-state index in [9.17, 15) is 18.0 Å². The molecule has 38 heavy (non-hydrogen) atoms. The van der Waals surface area contributed by atoms with Crippen LogP contribution in [0.4, 0.5) is 5.69 Å². The largest absolute Gasteiger partial charge is 0.354 e. The Balaban J connectivity index is 2.03.